The van der Waals surface area contributed by atoms with E-state index in [4.69, 9.17) is 5.73 Å². The van der Waals surface area contributed by atoms with Crippen molar-refractivity contribution < 1.29 is 4.79 Å². The first-order chi connectivity index (χ1) is 11.1. The summed E-state index contributed by atoms with van der Waals surface area (Å²) in [6.45, 7) is 2.01. The average molecular weight is 345 g/mol. The molecule has 5 heteroatoms. The second-order valence-corrected chi connectivity index (χ2v) is 8.30. The molecular weight excluding hydrogens is 324 g/mol. The summed E-state index contributed by atoms with van der Waals surface area (Å²) in [7, 11) is 0. The number of nitrogens with one attached hydrogen (secondary N) is 1. The maximum Gasteiger partial charge on any atom is 0.245 e. The van der Waals surface area contributed by atoms with Crippen LogP contribution in [-0.4, -0.2) is 17.4 Å². The number of carbonyl (C=O) groups is 1. The van der Waals surface area contributed by atoms with Gasteiger partial charge in [-0.3, -0.25) is 4.79 Å². The molecular formula is C18H20N2OS2. The first-order valence-corrected chi connectivity index (χ1v) is 9.69. The van der Waals surface area contributed by atoms with E-state index in [9.17, 15) is 4.79 Å². The van der Waals surface area contributed by atoms with Gasteiger partial charge in [-0.15, -0.1) is 23.5 Å². The number of nitrogens with two attached hydrogens (primary N) is 1. The number of carbonyl (C=O) groups excluding carboxylic acids is 1. The maximum absolute atomic E-state index is 12.4. The smallest absolute Gasteiger partial charge is 0.245 e. The van der Waals surface area contributed by atoms with E-state index in [0.717, 1.165) is 16.8 Å². The van der Waals surface area contributed by atoms with E-state index >= 15 is 0 Å². The molecule has 0 aliphatic carbocycles. The van der Waals surface area contributed by atoms with Gasteiger partial charge in [0, 0.05) is 17.2 Å². The van der Waals surface area contributed by atoms with E-state index < -0.39 is 6.04 Å². The molecule has 3 N–H and O–H groups in total. The fourth-order valence-electron chi connectivity index (χ4n) is 2.46. The molecule has 0 saturated carbocycles. The Labute approximate surface area is 145 Å². The predicted octanol–water partition coefficient (Wildman–Crippen LogP) is 4.11. The van der Waals surface area contributed by atoms with Gasteiger partial charge in [-0.1, -0.05) is 42.0 Å². The third-order valence-corrected chi connectivity index (χ3v) is 6.87. The fraction of sp³-hybridized carbons (Fsp3) is 0.278. The van der Waals surface area contributed by atoms with Crippen LogP contribution in [0, 0.1) is 6.92 Å². The van der Waals surface area contributed by atoms with Crippen molar-refractivity contribution in [3.63, 3.8) is 0 Å². The van der Waals surface area contributed by atoms with Crippen LogP contribution in [0.25, 0.3) is 0 Å². The van der Waals surface area contributed by atoms with Gasteiger partial charge in [0.15, 0.2) is 0 Å². The van der Waals surface area contributed by atoms with Gasteiger partial charge in [-0.2, -0.15) is 0 Å². The molecule has 2 aromatic carbocycles. The second-order valence-electron chi connectivity index (χ2n) is 5.58. The summed E-state index contributed by atoms with van der Waals surface area (Å²) in [5, 5.41) is 2.94. The number of hydrogen-bond acceptors (Lipinski definition) is 4. The number of hydrogen-bond donors (Lipinski definition) is 2. The Balaban J connectivity index is 1.69. The van der Waals surface area contributed by atoms with Gasteiger partial charge in [-0.05, 0) is 30.2 Å². The molecule has 0 spiro atoms. The molecule has 0 radical (unpaired) electrons. The van der Waals surface area contributed by atoms with Gasteiger partial charge in [0.25, 0.3) is 0 Å². The Kier molecular flexibility index (Phi) is 5.30. The molecule has 3 rings (SSSR count). The summed E-state index contributed by atoms with van der Waals surface area (Å²) in [5.41, 5.74) is 10.1. The Hall–Kier alpha value is -1.43. The zero-order valence-corrected chi connectivity index (χ0v) is 14.6. The molecule has 1 atom stereocenters. The Morgan fingerprint density at radius 2 is 1.87 bits per heavy atom. The van der Waals surface area contributed by atoms with Crippen LogP contribution in [0.15, 0.2) is 48.5 Å². The van der Waals surface area contributed by atoms with Crippen LogP contribution < -0.4 is 11.1 Å². The Morgan fingerprint density at radius 3 is 2.57 bits per heavy atom. The van der Waals surface area contributed by atoms with Gasteiger partial charge in [-0.25, -0.2) is 0 Å². The number of anilines is 1. The zero-order chi connectivity index (χ0) is 16.2. The summed E-state index contributed by atoms with van der Waals surface area (Å²) in [4.78, 5) is 12.4. The van der Waals surface area contributed by atoms with Gasteiger partial charge in [0.1, 0.15) is 6.04 Å². The quantitative estimate of drug-likeness (QED) is 0.876. The maximum atomic E-state index is 12.4. The standard InChI is InChI=1S/C18H20N2OS2/c1-12-5-7-13(8-6-12)16(19)17(21)20-15-4-2-3-14(11-15)18-22-9-10-23-18/h2-8,11,16,18H,9-10,19H2,1H3,(H,20,21). The minimum atomic E-state index is -0.658. The van der Waals surface area contributed by atoms with Crippen molar-refractivity contribution in [2.24, 2.45) is 5.73 Å². The largest absolute Gasteiger partial charge is 0.324 e. The SMILES string of the molecule is Cc1ccc(C(N)C(=O)Nc2cccc(C3SCCS3)c2)cc1. The van der Waals surface area contributed by atoms with E-state index in [2.05, 4.69) is 17.4 Å². The number of benzene rings is 2. The average Bonchev–Trinajstić information content (AvgIpc) is 3.10. The summed E-state index contributed by atoms with van der Waals surface area (Å²) in [6, 6.07) is 15.2. The van der Waals surface area contributed by atoms with Crippen LogP contribution in [-0.2, 0) is 4.79 Å². The van der Waals surface area contributed by atoms with Crippen molar-refractivity contribution in [3.8, 4) is 0 Å². The lowest BCUT2D eigenvalue weighted by Crippen LogP contribution is -2.27. The summed E-state index contributed by atoms with van der Waals surface area (Å²) >= 11 is 3.91. The second kappa shape index (κ2) is 7.43. The molecule has 23 heavy (non-hydrogen) atoms. The minimum Gasteiger partial charge on any atom is -0.324 e. The molecule has 1 heterocycles. The van der Waals surface area contributed by atoms with Crippen LogP contribution in [0.5, 0.6) is 0 Å². The van der Waals surface area contributed by atoms with E-state index in [1.54, 1.807) is 0 Å². The molecule has 1 saturated heterocycles. The van der Waals surface area contributed by atoms with Crippen LogP contribution in [0.2, 0.25) is 0 Å². The Morgan fingerprint density at radius 1 is 1.17 bits per heavy atom. The molecule has 1 amide bonds. The van der Waals surface area contributed by atoms with Crippen LogP contribution in [0.1, 0.15) is 27.3 Å². The van der Waals surface area contributed by atoms with Crippen molar-refractivity contribution in [2.45, 2.75) is 17.5 Å². The lowest BCUT2D eigenvalue weighted by atomic mass is 10.1. The lowest BCUT2D eigenvalue weighted by molar-refractivity contribution is -0.117. The summed E-state index contributed by atoms with van der Waals surface area (Å²) in [6.07, 6.45) is 0. The van der Waals surface area contributed by atoms with Gasteiger partial charge in [0.05, 0.1) is 4.58 Å². The highest BCUT2D eigenvalue weighted by Crippen LogP contribution is 2.45. The van der Waals surface area contributed by atoms with Crippen molar-refractivity contribution in [1.82, 2.24) is 0 Å². The van der Waals surface area contributed by atoms with Gasteiger partial charge in [0.2, 0.25) is 5.91 Å². The van der Waals surface area contributed by atoms with E-state index in [1.807, 2.05) is 66.8 Å². The molecule has 1 aliphatic rings. The van der Waals surface area contributed by atoms with Crippen molar-refractivity contribution >= 4 is 35.1 Å². The first-order valence-electron chi connectivity index (χ1n) is 7.59. The molecule has 0 bridgehead atoms. The first kappa shape index (κ1) is 16.4. The summed E-state index contributed by atoms with van der Waals surface area (Å²) < 4.78 is 0.470. The molecule has 2 aromatic rings. The minimum absolute atomic E-state index is 0.183. The monoisotopic (exact) mass is 344 g/mol. The van der Waals surface area contributed by atoms with Crippen molar-refractivity contribution in [1.29, 1.82) is 0 Å². The molecule has 1 aliphatic heterocycles. The molecule has 3 nitrogen and oxygen atoms in total. The third-order valence-electron chi connectivity index (χ3n) is 3.77. The highest BCUT2D eigenvalue weighted by Gasteiger charge is 2.19. The number of rotatable bonds is 4. The highest BCUT2D eigenvalue weighted by molar-refractivity contribution is 8.19. The van der Waals surface area contributed by atoms with Gasteiger partial charge >= 0.3 is 0 Å². The fourth-order valence-corrected chi connectivity index (χ4v) is 5.30. The van der Waals surface area contributed by atoms with Crippen LogP contribution in [0.3, 0.4) is 0 Å². The summed E-state index contributed by atoms with van der Waals surface area (Å²) in [5.74, 6) is 2.19. The van der Waals surface area contributed by atoms with Crippen molar-refractivity contribution in [2.75, 3.05) is 16.8 Å². The lowest BCUT2D eigenvalue weighted by Gasteiger charge is -2.15. The van der Waals surface area contributed by atoms with Crippen molar-refractivity contribution in [3.05, 3.63) is 65.2 Å². The predicted molar refractivity (Wildman–Crippen MR) is 101 cm³/mol. The van der Waals surface area contributed by atoms with Crippen LogP contribution in [0.4, 0.5) is 5.69 Å². The third kappa shape index (κ3) is 4.10. The molecule has 120 valence electrons. The topological polar surface area (TPSA) is 55.1 Å². The van der Waals surface area contributed by atoms with Gasteiger partial charge < -0.3 is 11.1 Å². The van der Waals surface area contributed by atoms with E-state index in [0.29, 0.717) is 4.58 Å². The van der Waals surface area contributed by atoms with Crippen LogP contribution >= 0.6 is 23.5 Å². The van der Waals surface area contributed by atoms with E-state index in [-0.39, 0.29) is 5.91 Å². The number of aryl methyl sites for hydroxylation is 1. The Bertz CT molecular complexity index is 682. The zero-order valence-electron chi connectivity index (χ0n) is 13.0. The normalized spacial score (nSPS) is 16.3. The van der Waals surface area contributed by atoms with E-state index in [1.165, 1.54) is 17.1 Å². The number of amides is 1. The number of thioether (sulfide) groups is 2. The molecule has 1 unspecified atom stereocenters. The molecule has 0 aromatic heterocycles. The molecule has 1 fully saturated rings. The highest BCUT2D eigenvalue weighted by atomic mass is 32.2.